The molecule has 5 heteroatoms. The van der Waals surface area contributed by atoms with E-state index in [2.05, 4.69) is 19.2 Å². The Hall–Kier alpha value is -1.10. The SMILES string of the molecule is CC(C)CC(CCO)CNC(=O)[C@H](O)c1ccccc1Cl. The zero-order valence-electron chi connectivity index (χ0n) is 12.6. The van der Waals surface area contributed by atoms with Gasteiger partial charge in [-0.3, -0.25) is 4.79 Å². The van der Waals surface area contributed by atoms with Crippen LogP contribution >= 0.6 is 11.6 Å². The summed E-state index contributed by atoms with van der Waals surface area (Å²) < 4.78 is 0. The minimum atomic E-state index is -1.27. The molecule has 1 unspecified atom stereocenters. The largest absolute Gasteiger partial charge is 0.396 e. The van der Waals surface area contributed by atoms with Gasteiger partial charge in [-0.25, -0.2) is 0 Å². The summed E-state index contributed by atoms with van der Waals surface area (Å²) in [4.78, 5) is 12.0. The van der Waals surface area contributed by atoms with Crippen molar-refractivity contribution in [2.75, 3.05) is 13.2 Å². The molecule has 0 aliphatic carbocycles. The van der Waals surface area contributed by atoms with E-state index in [1.54, 1.807) is 24.3 Å². The van der Waals surface area contributed by atoms with Crippen molar-refractivity contribution in [3.05, 3.63) is 34.9 Å². The summed E-state index contributed by atoms with van der Waals surface area (Å²) in [5.41, 5.74) is 0.402. The molecule has 0 radical (unpaired) electrons. The third kappa shape index (κ3) is 6.04. The zero-order chi connectivity index (χ0) is 15.8. The van der Waals surface area contributed by atoms with Crippen LogP contribution in [0.1, 0.15) is 38.4 Å². The smallest absolute Gasteiger partial charge is 0.253 e. The number of amides is 1. The maximum Gasteiger partial charge on any atom is 0.253 e. The molecule has 21 heavy (non-hydrogen) atoms. The van der Waals surface area contributed by atoms with E-state index in [0.29, 0.717) is 29.5 Å². The quantitative estimate of drug-likeness (QED) is 0.691. The Balaban J connectivity index is 2.57. The Kier molecular flexibility index (Phi) is 7.72. The van der Waals surface area contributed by atoms with Crippen LogP contribution in [0.2, 0.25) is 5.02 Å². The molecule has 0 aromatic heterocycles. The normalized spacial score (nSPS) is 14.0. The number of halogens is 1. The van der Waals surface area contributed by atoms with Gasteiger partial charge in [0.1, 0.15) is 0 Å². The molecule has 0 aliphatic rings. The molecule has 0 saturated heterocycles. The molecule has 1 aromatic rings. The molecule has 0 aliphatic heterocycles. The first-order valence-electron chi connectivity index (χ1n) is 7.26. The highest BCUT2D eigenvalue weighted by atomic mass is 35.5. The first kappa shape index (κ1) is 18.0. The Morgan fingerprint density at radius 2 is 2.00 bits per heavy atom. The average Bonchev–Trinajstić information content (AvgIpc) is 2.44. The summed E-state index contributed by atoms with van der Waals surface area (Å²) in [6.07, 6.45) is 0.288. The maximum atomic E-state index is 12.0. The molecule has 1 rings (SSSR count). The minimum Gasteiger partial charge on any atom is -0.396 e. The van der Waals surface area contributed by atoms with Gasteiger partial charge >= 0.3 is 0 Å². The standard InChI is InChI=1S/C16H24ClNO3/c1-11(2)9-12(7-8-19)10-18-16(21)15(20)13-5-3-4-6-14(13)17/h3-6,11-12,15,19-20H,7-10H2,1-2H3,(H,18,21)/t12?,15-/m1/s1. The van der Waals surface area contributed by atoms with Crippen molar-refractivity contribution in [2.45, 2.75) is 32.8 Å². The molecular formula is C16H24ClNO3. The molecule has 0 bridgehead atoms. The highest BCUT2D eigenvalue weighted by Gasteiger charge is 2.20. The fourth-order valence-electron chi connectivity index (χ4n) is 2.33. The van der Waals surface area contributed by atoms with Crippen molar-refractivity contribution in [1.82, 2.24) is 5.32 Å². The van der Waals surface area contributed by atoms with Crippen molar-refractivity contribution in [1.29, 1.82) is 0 Å². The van der Waals surface area contributed by atoms with Gasteiger partial charge in [0.2, 0.25) is 0 Å². The number of hydrogen-bond donors (Lipinski definition) is 3. The van der Waals surface area contributed by atoms with E-state index in [0.717, 1.165) is 6.42 Å². The van der Waals surface area contributed by atoms with E-state index in [1.165, 1.54) is 0 Å². The number of benzene rings is 1. The number of carbonyl (C=O) groups excluding carboxylic acids is 1. The summed E-state index contributed by atoms with van der Waals surface area (Å²) in [5.74, 6) is 0.235. The molecule has 1 aromatic carbocycles. The monoisotopic (exact) mass is 313 g/mol. The first-order chi connectivity index (χ1) is 9.95. The molecule has 0 fully saturated rings. The van der Waals surface area contributed by atoms with Crippen LogP contribution in [-0.4, -0.2) is 29.3 Å². The lowest BCUT2D eigenvalue weighted by Gasteiger charge is -2.20. The van der Waals surface area contributed by atoms with E-state index in [4.69, 9.17) is 16.7 Å². The van der Waals surface area contributed by atoms with Crippen molar-refractivity contribution in [3.63, 3.8) is 0 Å². The molecule has 118 valence electrons. The van der Waals surface area contributed by atoms with Crippen molar-refractivity contribution >= 4 is 17.5 Å². The van der Waals surface area contributed by atoms with Gasteiger partial charge in [-0.05, 0) is 30.7 Å². The van der Waals surface area contributed by atoms with Gasteiger partial charge in [0.15, 0.2) is 6.10 Å². The second kappa shape index (κ2) is 9.03. The minimum absolute atomic E-state index is 0.0975. The molecule has 0 saturated carbocycles. The lowest BCUT2D eigenvalue weighted by molar-refractivity contribution is -0.129. The second-order valence-corrected chi connectivity index (χ2v) is 6.08. The van der Waals surface area contributed by atoms with E-state index in [9.17, 15) is 9.90 Å². The van der Waals surface area contributed by atoms with Crippen LogP contribution in [0.3, 0.4) is 0 Å². The summed E-state index contributed by atoms with van der Waals surface area (Å²) in [6.45, 7) is 4.75. The molecule has 0 heterocycles. The summed E-state index contributed by atoms with van der Waals surface area (Å²) in [6, 6.07) is 6.74. The third-order valence-corrected chi connectivity index (χ3v) is 3.70. The van der Waals surface area contributed by atoms with Crippen LogP contribution in [0.4, 0.5) is 0 Å². The first-order valence-corrected chi connectivity index (χ1v) is 7.64. The Labute approximate surface area is 131 Å². The molecular weight excluding hydrogens is 290 g/mol. The number of aliphatic hydroxyl groups is 2. The lowest BCUT2D eigenvalue weighted by atomic mass is 9.94. The van der Waals surface area contributed by atoms with Gasteiger partial charge in [-0.2, -0.15) is 0 Å². The molecule has 4 nitrogen and oxygen atoms in total. The topological polar surface area (TPSA) is 69.6 Å². The van der Waals surface area contributed by atoms with Crippen molar-refractivity contribution in [2.24, 2.45) is 11.8 Å². The van der Waals surface area contributed by atoms with E-state index in [-0.39, 0.29) is 12.5 Å². The third-order valence-electron chi connectivity index (χ3n) is 3.36. The van der Waals surface area contributed by atoms with E-state index < -0.39 is 12.0 Å². The number of aliphatic hydroxyl groups excluding tert-OH is 2. The molecule has 1 amide bonds. The fourth-order valence-corrected chi connectivity index (χ4v) is 2.57. The average molecular weight is 314 g/mol. The number of hydrogen-bond acceptors (Lipinski definition) is 3. The highest BCUT2D eigenvalue weighted by molar-refractivity contribution is 6.31. The van der Waals surface area contributed by atoms with Crippen LogP contribution in [0.25, 0.3) is 0 Å². The van der Waals surface area contributed by atoms with Gasteiger partial charge in [0, 0.05) is 23.7 Å². The number of carbonyl (C=O) groups is 1. The summed E-state index contributed by atoms with van der Waals surface area (Å²) >= 11 is 5.97. The zero-order valence-corrected chi connectivity index (χ0v) is 13.3. The van der Waals surface area contributed by atoms with Crippen molar-refractivity contribution < 1.29 is 15.0 Å². The number of nitrogens with one attached hydrogen (secondary N) is 1. The predicted molar refractivity (Wildman–Crippen MR) is 84.1 cm³/mol. The van der Waals surface area contributed by atoms with Crippen LogP contribution < -0.4 is 5.32 Å². The predicted octanol–water partition coefficient (Wildman–Crippen LogP) is 2.53. The van der Waals surface area contributed by atoms with Gasteiger partial charge in [0.25, 0.3) is 5.91 Å². The molecule has 3 N–H and O–H groups in total. The van der Waals surface area contributed by atoms with Gasteiger partial charge in [-0.15, -0.1) is 0 Å². The Morgan fingerprint density at radius 3 is 2.57 bits per heavy atom. The Bertz CT molecular complexity index is 451. The fraction of sp³-hybridized carbons (Fsp3) is 0.562. The second-order valence-electron chi connectivity index (χ2n) is 5.68. The summed E-state index contributed by atoms with van der Waals surface area (Å²) in [7, 11) is 0. The van der Waals surface area contributed by atoms with Crippen molar-refractivity contribution in [3.8, 4) is 0 Å². The summed E-state index contributed by atoms with van der Waals surface area (Å²) in [5, 5.41) is 22.2. The van der Waals surface area contributed by atoms with Crippen LogP contribution in [0.15, 0.2) is 24.3 Å². The molecule has 0 spiro atoms. The van der Waals surface area contributed by atoms with Crippen LogP contribution in [0, 0.1) is 11.8 Å². The highest BCUT2D eigenvalue weighted by Crippen LogP contribution is 2.22. The van der Waals surface area contributed by atoms with Gasteiger partial charge in [-0.1, -0.05) is 43.6 Å². The van der Waals surface area contributed by atoms with Crippen LogP contribution in [-0.2, 0) is 4.79 Å². The van der Waals surface area contributed by atoms with E-state index >= 15 is 0 Å². The van der Waals surface area contributed by atoms with Gasteiger partial charge < -0.3 is 15.5 Å². The lowest BCUT2D eigenvalue weighted by Crippen LogP contribution is -2.34. The van der Waals surface area contributed by atoms with Gasteiger partial charge in [0.05, 0.1) is 0 Å². The Morgan fingerprint density at radius 1 is 1.33 bits per heavy atom. The maximum absolute atomic E-state index is 12.0. The van der Waals surface area contributed by atoms with E-state index in [1.807, 2.05) is 0 Å². The molecule has 2 atom stereocenters. The number of rotatable bonds is 8. The van der Waals surface area contributed by atoms with Crippen LogP contribution in [0.5, 0.6) is 0 Å².